The Kier molecular flexibility index (Phi) is 12.7. The van der Waals surface area contributed by atoms with E-state index in [4.69, 9.17) is 9.47 Å². The SMILES string of the molecule is CCCCCC(CC)c1cc([N+](=O)[O-])ccc1OC(=O)Oc1ccc([N+](=O)[O-])cc1C(CC)CCCCC. The van der Waals surface area contributed by atoms with Crippen LogP contribution in [-0.2, 0) is 0 Å². The maximum Gasteiger partial charge on any atom is 0.519 e. The van der Waals surface area contributed by atoms with E-state index in [2.05, 4.69) is 13.8 Å². The largest absolute Gasteiger partial charge is 0.519 e. The van der Waals surface area contributed by atoms with Gasteiger partial charge in [0.1, 0.15) is 11.5 Å². The summed E-state index contributed by atoms with van der Waals surface area (Å²) in [6, 6.07) is 8.44. The molecular weight excluding hydrogens is 488 g/mol. The summed E-state index contributed by atoms with van der Waals surface area (Å²) in [5.74, 6) is 0.425. The second-order valence-electron chi connectivity index (χ2n) is 9.61. The van der Waals surface area contributed by atoms with Gasteiger partial charge in [0, 0.05) is 35.4 Å². The molecule has 0 N–H and O–H groups in total. The Morgan fingerprint density at radius 2 is 1.11 bits per heavy atom. The lowest BCUT2D eigenvalue weighted by Crippen LogP contribution is -2.17. The van der Waals surface area contributed by atoms with Gasteiger partial charge in [-0.25, -0.2) is 4.79 Å². The van der Waals surface area contributed by atoms with Crippen LogP contribution >= 0.6 is 0 Å². The van der Waals surface area contributed by atoms with Crippen LogP contribution in [0.2, 0.25) is 0 Å². The smallest absolute Gasteiger partial charge is 0.394 e. The van der Waals surface area contributed by atoms with Crippen molar-refractivity contribution in [2.75, 3.05) is 0 Å². The number of nitro benzene ring substituents is 2. The van der Waals surface area contributed by atoms with Gasteiger partial charge < -0.3 is 9.47 Å². The first-order chi connectivity index (χ1) is 18.2. The zero-order chi connectivity index (χ0) is 28.1. The quantitative estimate of drug-likeness (QED) is 0.0699. The highest BCUT2D eigenvalue weighted by atomic mass is 16.7. The van der Waals surface area contributed by atoms with Crippen LogP contribution in [-0.4, -0.2) is 16.0 Å². The van der Waals surface area contributed by atoms with Crippen molar-refractivity contribution in [2.24, 2.45) is 0 Å². The summed E-state index contributed by atoms with van der Waals surface area (Å²) in [7, 11) is 0. The molecule has 0 amide bonds. The van der Waals surface area contributed by atoms with Crippen molar-refractivity contribution in [3.63, 3.8) is 0 Å². The van der Waals surface area contributed by atoms with Gasteiger partial charge in [0.05, 0.1) is 9.85 Å². The van der Waals surface area contributed by atoms with Crippen molar-refractivity contribution in [3.05, 3.63) is 67.8 Å². The van der Waals surface area contributed by atoms with E-state index < -0.39 is 16.0 Å². The number of nitrogens with zero attached hydrogens (tertiary/aromatic N) is 2. The zero-order valence-electron chi connectivity index (χ0n) is 22.9. The van der Waals surface area contributed by atoms with Crippen molar-refractivity contribution in [2.45, 2.75) is 104 Å². The number of unbranched alkanes of at least 4 members (excludes halogenated alkanes) is 4. The Labute approximate surface area is 224 Å². The van der Waals surface area contributed by atoms with Crippen LogP contribution in [0.15, 0.2) is 36.4 Å². The van der Waals surface area contributed by atoms with E-state index in [1.807, 2.05) is 13.8 Å². The summed E-state index contributed by atoms with van der Waals surface area (Å²) < 4.78 is 11.2. The second kappa shape index (κ2) is 15.7. The molecule has 2 aromatic rings. The van der Waals surface area contributed by atoms with Gasteiger partial charge in [-0.3, -0.25) is 20.2 Å². The van der Waals surface area contributed by atoms with Crippen LogP contribution < -0.4 is 9.47 Å². The van der Waals surface area contributed by atoms with E-state index in [-0.39, 0.29) is 34.7 Å². The molecule has 0 bridgehead atoms. The molecule has 2 atom stereocenters. The molecule has 38 heavy (non-hydrogen) atoms. The molecule has 0 radical (unpaired) electrons. The van der Waals surface area contributed by atoms with Crippen LogP contribution in [0.1, 0.15) is 115 Å². The molecule has 2 rings (SSSR count). The fourth-order valence-electron chi connectivity index (χ4n) is 4.76. The molecule has 0 aliphatic carbocycles. The third-order valence-corrected chi connectivity index (χ3v) is 6.97. The van der Waals surface area contributed by atoms with Crippen LogP contribution in [0.4, 0.5) is 16.2 Å². The molecule has 9 heteroatoms. The number of rotatable bonds is 16. The lowest BCUT2D eigenvalue weighted by atomic mass is 9.90. The predicted octanol–water partition coefficient (Wildman–Crippen LogP) is 9.23. The number of carbonyl (C=O) groups excluding carboxylic acids is 1. The molecule has 2 aromatic carbocycles. The number of hydrogen-bond donors (Lipinski definition) is 0. The fourth-order valence-corrected chi connectivity index (χ4v) is 4.76. The van der Waals surface area contributed by atoms with E-state index in [0.717, 1.165) is 64.2 Å². The number of ether oxygens (including phenoxy) is 2. The van der Waals surface area contributed by atoms with Crippen molar-refractivity contribution in [1.82, 2.24) is 0 Å². The highest BCUT2D eigenvalue weighted by Gasteiger charge is 2.24. The Morgan fingerprint density at radius 1 is 0.711 bits per heavy atom. The third kappa shape index (κ3) is 8.82. The topological polar surface area (TPSA) is 122 Å². The number of hydrogen-bond acceptors (Lipinski definition) is 7. The molecule has 0 aliphatic rings. The summed E-state index contributed by atoms with van der Waals surface area (Å²) in [5, 5.41) is 22.8. The normalized spacial score (nSPS) is 12.5. The van der Waals surface area contributed by atoms with E-state index in [1.54, 1.807) is 0 Å². The molecule has 9 nitrogen and oxygen atoms in total. The number of non-ortho nitro benzene ring substituents is 2. The second-order valence-corrected chi connectivity index (χ2v) is 9.61. The van der Waals surface area contributed by atoms with Crippen LogP contribution in [0.3, 0.4) is 0 Å². The molecule has 0 heterocycles. The van der Waals surface area contributed by atoms with Gasteiger partial charge in [0.25, 0.3) is 11.4 Å². The fraction of sp³-hybridized carbons (Fsp3) is 0.552. The highest BCUT2D eigenvalue weighted by molar-refractivity contribution is 5.69. The molecule has 0 saturated heterocycles. The monoisotopic (exact) mass is 528 g/mol. The van der Waals surface area contributed by atoms with Crippen molar-refractivity contribution >= 4 is 17.5 Å². The van der Waals surface area contributed by atoms with Crippen LogP contribution in [0, 0.1) is 20.2 Å². The van der Waals surface area contributed by atoms with Gasteiger partial charge in [0.15, 0.2) is 0 Å². The molecule has 0 aromatic heterocycles. The first kappa shape index (κ1) is 30.7. The molecule has 0 fully saturated rings. The molecule has 0 saturated carbocycles. The van der Waals surface area contributed by atoms with Crippen LogP contribution in [0.25, 0.3) is 0 Å². The van der Waals surface area contributed by atoms with E-state index in [1.165, 1.54) is 36.4 Å². The van der Waals surface area contributed by atoms with Gasteiger partial charge >= 0.3 is 6.16 Å². The maximum atomic E-state index is 13.0. The van der Waals surface area contributed by atoms with E-state index in [0.29, 0.717) is 11.1 Å². The molecule has 0 aliphatic heterocycles. The van der Waals surface area contributed by atoms with Crippen molar-refractivity contribution < 1.29 is 24.1 Å². The average molecular weight is 529 g/mol. The predicted molar refractivity (Wildman–Crippen MR) is 147 cm³/mol. The Balaban J connectivity index is 2.35. The average Bonchev–Trinajstić information content (AvgIpc) is 2.90. The minimum absolute atomic E-state index is 0.0118. The maximum absolute atomic E-state index is 13.0. The number of benzene rings is 2. The van der Waals surface area contributed by atoms with Gasteiger partial charge in [-0.15, -0.1) is 0 Å². The highest BCUT2D eigenvalue weighted by Crippen LogP contribution is 2.38. The summed E-state index contributed by atoms with van der Waals surface area (Å²) in [5.41, 5.74) is 1.07. The van der Waals surface area contributed by atoms with E-state index >= 15 is 0 Å². The van der Waals surface area contributed by atoms with Gasteiger partial charge in [-0.1, -0.05) is 66.2 Å². The van der Waals surface area contributed by atoms with Crippen molar-refractivity contribution in [3.8, 4) is 11.5 Å². The Bertz CT molecular complexity index is 1000. The lowest BCUT2D eigenvalue weighted by Gasteiger charge is -2.20. The Hall–Kier alpha value is -3.49. The molecule has 2 unspecified atom stereocenters. The summed E-state index contributed by atoms with van der Waals surface area (Å²) in [6.45, 7) is 8.23. The minimum atomic E-state index is -0.984. The van der Waals surface area contributed by atoms with Crippen molar-refractivity contribution in [1.29, 1.82) is 0 Å². The first-order valence-electron chi connectivity index (χ1n) is 13.7. The first-order valence-corrected chi connectivity index (χ1v) is 13.7. The lowest BCUT2D eigenvalue weighted by molar-refractivity contribution is -0.385. The minimum Gasteiger partial charge on any atom is -0.394 e. The van der Waals surface area contributed by atoms with Gasteiger partial charge in [0.2, 0.25) is 0 Å². The van der Waals surface area contributed by atoms with Gasteiger partial charge in [-0.05, 0) is 49.7 Å². The molecule has 208 valence electrons. The number of nitro groups is 2. The third-order valence-electron chi connectivity index (χ3n) is 6.97. The zero-order valence-corrected chi connectivity index (χ0v) is 22.9. The summed E-state index contributed by atoms with van der Waals surface area (Å²) in [4.78, 5) is 34.9. The summed E-state index contributed by atoms with van der Waals surface area (Å²) >= 11 is 0. The molecule has 0 spiro atoms. The van der Waals surface area contributed by atoms with E-state index in [9.17, 15) is 25.0 Å². The standard InChI is InChI=1S/C29H40N2O7/c1-5-9-11-13-21(7-3)25-19-23(30(33)34)15-17-27(25)37-29(32)38-28-18-16-24(31(35)36)20-26(28)22(8-4)14-12-10-6-2/h15-22H,5-14H2,1-4H3. The van der Waals surface area contributed by atoms with Crippen LogP contribution in [0.5, 0.6) is 11.5 Å². The molecular formula is C29H40N2O7. The van der Waals surface area contributed by atoms with Gasteiger partial charge in [-0.2, -0.15) is 0 Å². The number of carbonyl (C=O) groups is 1. The summed E-state index contributed by atoms with van der Waals surface area (Å²) in [6.07, 6.45) is 8.24. The Morgan fingerprint density at radius 3 is 1.42 bits per heavy atom.